The molecule has 5 nitrogen and oxygen atoms in total. The van der Waals surface area contributed by atoms with Crippen LogP contribution in [0.2, 0.25) is 0 Å². The van der Waals surface area contributed by atoms with Gasteiger partial charge in [0.15, 0.2) is 0 Å². The number of hydrogen-bond acceptors (Lipinski definition) is 4. The molecule has 0 atom stereocenters. The van der Waals surface area contributed by atoms with Crippen molar-refractivity contribution in [1.29, 1.82) is 0 Å². The summed E-state index contributed by atoms with van der Waals surface area (Å²) in [5.74, 6) is 1.86. The Morgan fingerprint density at radius 2 is 2.29 bits per heavy atom. The number of anilines is 1. The molecule has 0 saturated carbocycles. The molecule has 5 heteroatoms. The van der Waals surface area contributed by atoms with Crippen LogP contribution < -0.4 is 10.1 Å². The van der Waals surface area contributed by atoms with E-state index in [1.165, 1.54) is 0 Å². The summed E-state index contributed by atoms with van der Waals surface area (Å²) in [5, 5.41) is 3.18. The number of ether oxygens (including phenoxy) is 1. The normalized spacial score (nSPS) is 11.1. The fourth-order valence-corrected chi connectivity index (χ4v) is 1.51. The van der Waals surface area contributed by atoms with Crippen LogP contribution in [-0.2, 0) is 0 Å². The maximum absolute atomic E-state index is 5.69. The molecule has 2 aromatic heterocycles. The van der Waals surface area contributed by atoms with Crippen molar-refractivity contribution in [3.05, 3.63) is 18.6 Å². The average Bonchev–Trinajstić information content (AvgIpc) is 2.74. The van der Waals surface area contributed by atoms with Gasteiger partial charge in [-0.2, -0.15) is 4.98 Å². The highest BCUT2D eigenvalue weighted by molar-refractivity contribution is 5.53. The Bertz CT molecular complexity index is 492. The smallest absolute Gasteiger partial charge is 0.260 e. The highest BCUT2D eigenvalue weighted by Gasteiger charge is 2.09. The van der Waals surface area contributed by atoms with Gasteiger partial charge in [0.2, 0.25) is 5.65 Å². The molecular formula is C12H18N4O. The van der Waals surface area contributed by atoms with Crippen LogP contribution in [0.4, 0.5) is 5.82 Å². The van der Waals surface area contributed by atoms with Crippen LogP contribution in [0.25, 0.3) is 5.65 Å². The van der Waals surface area contributed by atoms with Crippen molar-refractivity contribution in [3.63, 3.8) is 0 Å². The van der Waals surface area contributed by atoms with Crippen molar-refractivity contribution in [3.8, 4) is 5.88 Å². The number of aromatic nitrogens is 3. The molecule has 0 aliphatic carbocycles. The van der Waals surface area contributed by atoms with Crippen molar-refractivity contribution >= 4 is 11.5 Å². The fraction of sp³-hybridized carbons (Fsp3) is 0.500. The standard InChI is InChI=1S/C12H18N4O/c1-4-13-10-7-16-6-5-14-11(16)12(15-10)17-8-9(2)3/h5-7,9,13H,4,8H2,1-3H3. The van der Waals surface area contributed by atoms with E-state index in [2.05, 4.69) is 29.1 Å². The summed E-state index contributed by atoms with van der Waals surface area (Å²) in [6.45, 7) is 7.73. The lowest BCUT2D eigenvalue weighted by Gasteiger charge is -2.10. The molecule has 2 rings (SSSR count). The third kappa shape index (κ3) is 2.67. The zero-order valence-corrected chi connectivity index (χ0v) is 10.5. The fourth-order valence-electron chi connectivity index (χ4n) is 1.51. The van der Waals surface area contributed by atoms with Crippen LogP contribution in [0.5, 0.6) is 5.88 Å². The van der Waals surface area contributed by atoms with E-state index in [-0.39, 0.29) is 0 Å². The molecule has 0 unspecified atom stereocenters. The second-order valence-electron chi connectivity index (χ2n) is 4.32. The Morgan fingerprint density at radius 3 is 3.00 bits per heavy atom. The summed E-state index contributed by atoms with van der Waals surface area (Å²) < 4.78 is 7.61. The summed E-state index contributed by atoms with van der Waals surface area (Å²) >= 11 is 0. The van der Waals surface area contributed by atoms with Crippen LogP contribution >= 0.6 is 0 Å². The monoisotopic (exact) mass is 234 g/mol. The highest BCUT2D eigenvalue weighted by Crippen LogP contribution is 2.19. The highest BCUT2D eigenvalue weighted by atomic mass is 16.5. The van der Waals surface area contributed by atoms with Gasteiger partial charge in [0.25, 0.3) is 5.88 Å². The van der Waals surface area contributed by atoms with E-state index in [0.717, 1.165) is 18.0 Å². The summed E-state index contributed by atoms with van der Waals surface area (Å²) in [6.07, 6.45) is 5.54. The van der Waals surface area contributed by atoms with E-state index in [0.29, 0.717) is 18.4 Å². The molecular weight excluding hydrogens is 216 g/mol. The topological polar surface area (TPSA) is 51.5 Å². The SMILES string of the molecule is CCNc1cn2ccnc2c(OCC(C)C)n1. The second kappa shape index (κ2) is 5.03. The van der Waals surface area contributed by atoms with Crippen LogP contribution in [-0.4, -0.2) is 27.5 Å². The van der Waals surface area contributed by atoms with Crippen molar-refractivity contribution < 1.29 is 4.74 Å². The van der Waals surface area contributed by atoms with Crippen molar-refractivity contribution in [2.24, 2.45) is 5.92 Å². The summed E-state index contributed by atoms with van der Waals surface area (Å²) in [7, 11) is 0. The van der Waals surface area contributed by atoms with Crippen molar-refractivity contribution in [2.75, 3.05) is 18.5 Å². The molecule has 0 aliphatic heterocycles. The molecule has 0 saturated heterocycles. The van der Waals surface area contributed by atoms with Gasteiger partial charge in [-0.05, 0) is 12.8 Å². The van der Waals surface area contributed by atoms with Gasteiger partial charge < -0.3 is 10.1 Å². The van der Waals surface area contributed by atoms with E-state index < -0.39 is 0 Å². The van der Waals surface area contributed by atoms with E-state index >= 15 is 0 Å². The molecule has 17 heavy (non-hydrogen) atoms. The number of imidazole rings is 1. The summed E-state index contributed by atoms with van der Waals surface area (Å²) in [4.78, 5) is 8.66. The largest absolute Gasteiger partial charge is 0.475 e. The molecule has 0 spiro atoms. The van der Waals surface area contributed by atoms with Gasteiger partial charge >= 0.3 is 0 Å². The van der Waals surface area contributed by atoms with Gasteiger partial charge in [0.05, 0.1) is 12.8 Å². The van der Waals surface area contributed by atoms with Crippen LogP contribution in [0.3, 0.4) is 0 Å². The molecule has 0 radical (unpaired) electrons. The minimum Gasteiger partial charge on any atom is -0.475 e. The summed E-state index contributed by atoms with van der Waals surface area (Å²) in [5.41, 5.74) is 0.757. The van der Waals surface area contributed by atoms with E-state index in [1.54, 1.807) is 6.20 Å². The minimum absolute atomic E-state index is 0.467. The Kier molecular flexibility index (Phi) is 3.46. The molecule has 0 aromatic carbocycles. The Hall–Kier alpha value is -1.78. The predicted octanol–water partition coefficient (Wildman–Crippen LogP) is 2.20. The molecule has 1 N–H and O–H groups in total. The lowest BCUT2D eigenvalue weighted by Crippen LogP contribution is -2.09. The van der Waals surface area contributed by atoms with E-state index in [4.69, 9.17) is 4.74 Å². The molecule has 92 valence electrons. The van der Waals surface area contributed by atoms with Gasteiger partial charge in [0.1, 0.15) is 5.82 Å². The zero-order chi connectivity index (χ0) is 12.3. The Labute approximate surface area is 101 Å². The van der Waals surface area contributed by atoms with Crippen molar-refractivity contribution in [1.82, 2.24) is 14.4 Å². The molecule has 0 aliphatic rings. The van der Waals surface area contributed by atoms with Gasteiger partial charge in [-0.15, -0.1) is 0 Å². The molecule has 0 bridgehead atoms. The summed E-state index contributed by atoms with van der Waals surface area (Å²) in [6, 6.07) is 0. The molecule has 0 fully saturated rings. The number of rotatable bonds is 5. The first-order valence-electron chi connectivity index (χ1n) is 5.91. The van der Waals surface area contributed by atoms with Crippen LogP contribution in [0.15, 0.2) is 18.6 Å². The Morgan fingerprint density at radius 1 is 1.47 bits per heavy atom. The first-order valence-corrected chi connectivity index (χ1v) is 5.91. The zero-order valence-electron chi connectivity index (χ0n) is 10.5. The number of hydrogen-bond donors (Lipinski definition) is 1. The lowest BCUT2D eigenvalue weighted by atomic mass is 10.2. The van der Waals surface area contributed by atoms with E-state index in [9.17, 15) is 0 Å². The van der Waals surface area contributed by atoms with Gasteiger partial charge in [-0.25, -0.2) is 4.98 Å². The van der Waals surface area contributed by atoms with E-state index in [1.807, 2.05) is 23.7 Å². The van der Waals surface area contributed by atoms with Crippen LogP contribution in [0.1, 0.15) is 20.8 Å². The van der Waals surface area contributed by atoms with Crippen molar-refractivity contribution in [2.45, 2.75) is 20.8 Å². The lowest BCUT2D eigenvalue weighted by molar-refractivity contribution is 0.263. The first-order chi connectivity index (χ1) is 8.20. The number of nitrogens with zero attached hydrogens (tertiary/aromatic N) is 3. The molecule has 2 aromatic rings. The first kappa shape index (κ1) is 11.7. The van der Waals surface area contributed by atoms with Gasteiger partial charge in [-0.1, -0.05) is 13.8 Å². The van der Waals surface area contributed by atoms with Crippen LogP contribution in [0, 0.1) is 5.92 Å². The molecule has 2 heterocycles. The third-order valence-electron chi connectivity index (χ3n) is 2.25. The quantitative estimate of drug-likeness (QED) is 0.861. The Balaban J connectivity index is 2.32. The van der Waals surface area contributed by atoms with Gasteiger partial charge in [-0.3, -0.25) is 4.40 Å². The maximum Gasteiger partial charge on any atom is 0.260 e. The predicted molar refractivity (Wildman–Crippen MR) is 67.5 cm³/mol. The molecule has 0 amide bonds. The second-order valence-corrected chi connectivity index (χ2v) is 4.32. The number of fused-ring (bicyclic) bond motifs is 1. The maximum atomic E-state index is 5.69. The third-order valence-corrected chi connectivity index (χ3v) is 2.25. The van der Waals surface area contributed by atoms with Gasteiger partial charge in [0, 0.05) is 18.9 Å². The minimum atomic E-state index is 0.467. The average molecular weight is 234 g/mol. The number of nitrogens with one attached hydrogen (secondary N) is 1.